The van der Waals surface area contributed by atoms with Crippen molar-refractivity contribution in [1.82, 2.24) is 19.5 Å². The maximum atomic E-state index is 6.98. The molecule has 9 aromatic rings. The highest BCUT2D eigenvalue weighted by atomic mass is 35.5. The summed E-state index contributed by atoms with van der Waals surface area (Å²) in [5, 5.41) is 5.38. The topological polar surface area (TPSA) is 43.6 Å². The SMILES string of the molecule is Clc1ccc(-n2c3ccccc3c3cc4ccccc4cc32)cc1-c1nc(-c2ccccc2)nc(-c2ccc(-c3ccccc3)cc2)n1. The fraction of sp³-hybridized carbons (Fsp3) is 0. The van der Waals surface area contributed by atoms with Gasteiger partial charge in [0.1, 0.15) is 0 Å². The Morgan fingerprint density at radius 1 is 0.396 bits per heavy atom. The lowest BCUT2D eigenvalue weighted by Crippen LogP contribution is -2.01. The van der Waals surface area contributed by atoms with E-state index in [9.17, 15) is 0 Å². The molecule has 2 aromatic heterocycles. The first-order chi connectivity index (χ1) is 23.7. The molecular formula is C43H27ClN4. The highest BCUT2D eigenvalue weighted by Gasteiger charge is 2.18. The summed E-state index contributed by atoms with van der Waals surface area (Å²) >= 11 is 6.98. The van der Waals surface area contributed by atoms with E-state index in [1.54, 1.807) is 0 Å². The molecule has 0 bridgehead atoms. The van der Waals surface area contributed by atoms with Crippen LogP contribution in [0.2, 0.25) is 5.02 Å². The van der Waals surface area contributed by atoms with Gasteiger partial charge in [-0.2, -0.15) is 0 Å². The number of para-hydroxylation sites is 1. The lowest BCUT2D eigenvalue weighted by molar-refractivity contribution is 1.07. The van der Waals surface area contributed by atoms with Crippen LogP contribution >= 0.6 is 11.6 Å². The lowest BCUT2D eigenvalue weighted by atomic mass is 10.0. The number of hydrogen-bond acceptors (Lipinski definition) is 3. The van der Waals surface area contributed by atoms with Crippen molar-refractivity contribution in [2.45, 2.75) is 0 Å². The summed E-state index contributed by atoms with van der Waals surface area (Å²) in [6.45, 7) is 0. The Balaban J connectivity index is 1.23. The van der Waals surface area contributed by atoms with Crippen LogP contribution in [0, 0.1) is 0 Å². The molecule has 0 amide bonds. The number of benzene rings is 7. The van der Waals surface area contributed by atoms with Crippen molar-refractivity contribution in [1.29, 1.82) is 0 Å². The summed E-state index contributed by atoms with van der Waals surface area (Å²) in [7, 11) is 0. The number of hydrogen-bond donors (Lipinski definition) is 0. The van der Waals surface area contributed by atoms with Crippen molar-refractivity contribution < 1.29 is 0 Å². The van der Waals surface area contributed by atoms with Crippen molar-refractivity contribution in [2.24, 2.45) is 0 Å². The molecule has 4 nitrogen and oxygen atoms in total. The molecule has 9 rings (SSSR count). The Labute approximate surface area is 282 Å². The van der Waals surface area contributed by atoms with Gasteiger partial charge in [-0.25, -0.2) is 15.0 Å². The van der Waals surface area contributed by atoms with Crippen LogP contribution < -0.4 is 0 Å². The van der Waals surface area contributed by atoms with E-state index in [-0.39, 0.29) is 0 Å². The molecule has 2 heterocycles. The molecule has 0 unspecified atom stereocenters. The van der Waals surface area contributed by atoms with Crippen LogP contribution in [0.5, 0.6) is 0 Å². The van der Waals surface area contributed by atoms with Gasteiger partial charge < -0.3 is 4.57 Å². The molecule has 0 radical (unpaired) electrons. The van der Waals surface area contributed by atoms with E-state index < -0.39 is 0 Å². The average Bonchev–Trinajstić information content (AvgIpc) is 3.48. The largest absolute Gasteiger partial charge is 0.309 e. The summed E-state index contributed by atoms with van der Waals surface area (Å²) in [4.78, 5) is 15.0. The van der Waals surface area contributed by atoms with Crippen LogP contribution in [0.1, 0.15) is 0 Å². The second-order valence-electron chi connectivity index (χ2n) is 11.8. The van der Waals surface area contributed by atoms with Crippen molar-refractivity contribution in [3.63, 3.8) is 0 Å². The first-order valence-corrected chi connectivity index (χ1v) is 16.3. The maximum Gasteiger partial charge on any atom is 0.165 e. The van der Waals surface area contributed by atoms with Gasteiger partial charge in [-0.1, -0.05) is 139 Å². The average molecular weight is 635 g/mol. The number of aromatic nitrogens is 4. The molecule has 0 fully saturated rings. The van der Waals surface area contributed by atoms with Crippen LogP contribution in [0.3, 0.4) is 0 Å². The Morgan fingerprint density at radius 3 is 1.67 bits per heavy atom. The Kier molecular flexibility index (Phi) is 6.81. The zero-order chi connectivity index (χ0) is 32.0. The highest BCUT2D eigenvalue weighted by Crippen LogP contribution is 2.37. The van der Waals surface area contributed by atoms with E-state index in [2.05, 4.69) is 114 Å². The van der Waals surface area contributed by atoms with Gasteiger partial charge in [0.05, 0.1) is 16.1 Å². The fourth-order valence-corrected chi connectivity index (χ4v) is 6.74. The molecule has 0 aliphatic carbocycles. The van der Waals surface area contributed by atoms with E-state index in [1.807, 2.05) is 54.6 Å². The predicted octanol–water partition coefficient (Wildman–Crippen LogP) is 11.4. The van der Waals surface area contributed by atoms with Crippen LogP contribution in [-0.2, 0) is 0 Å². The minimum Gasteiger partial charge on any atom is -0.309 e. The molecule has 7 aromatic carbocycles. The van der Waals surface area contributed by atoms with Gasteiger partial charge in [0, 0.05) is 33.2 Å². The van der Waals surface area contributed by atoms with Gasteiger partial charge in [0.15, 0.2) is 17.5 Å². The van der Waals surface area contributed by atoms with Gasteiger partial charge in [0.2, 0.25) is 0 Å². The zero-order valence-electron chi connectivity index (χ0n) is 25.8. The highest BCUT2D eigenvalue weighted by molar-refractivity contribution is 6.33. The van der Waals surface area contributed by atoms with E-state index >= 15 is 0 Å². The Hall–Kier alpha value is -6.10. The van der Waals surface area contributed by atoms with E-state index in [4.69, 9.17) is 26.6 Å². The summed E-state index contributed by atoms with van der Waals surface area (Å²) in [6.07, 6.45) is 0. The van der Waals surface area contributed by atoms with Crippen LogP contribution in [0.25, 0.3) is 83.6 Å². The summed E-state index contributed by atoms with van der Waals surface area (Å²) < 4.78 is 2.31. The van der Waals surface area contributed by atoms with Gasteiger partial charge in [-0.15, -0.1) is 0 Å². The van der Waals surface area contributed by atoms with Crippen LogP contribution in [0.15, 0.2) is 164 Å². The van der Waals surface area contributed by atoms with Crippen molar-refractivity contribution >= 4 is 44.2 Å². The number of fused-ring (bicyclic) bond motifs is 4. The third-order valence-corrected chi connectivity index (χ3v) is 9.24. The number of rotatable bonds is 5. The summed E-state index contributed by atoms with van der Waals surface area (Å²) in [5.41, 5.74) is 8.06. The molecule has 0 spiro atoms. The van der Waals surface area contributed by atoms with E-state index in [0.29, 0.717) is 22.5 Å². The number of halogens is 1. The second-order valence-corrected chi connectivity index (χ2v) is 12.3. The summed E-state index contributed by atoms with van der Waals surface area (Å²) in [6, 6.07) is 56.4. The maximum absolute atomic E-state index is 6.98. The smallest absolute Gasteiger partial charge is 0.165 e. The second kappa shape index (κ2) is 11.6. The molecule has 0 aliphatic rings. The first kappa shape index (κ1) is 28.1. The van der Waals surface area contributed by atoms with Crippen LogP contribution in [-0.4, -0.2) is 19.5 Å². The van der Waals surface area contributed by atoms with Gasteiger partial charge in [0.25, 0.3) is 0 Å². The molecule has 0 N–H and O–H groups in total. The minimum absolute atomic E-state index is 0.518. The third kappa shape index (κ3) is 4.91. The van der Waals surface area contributed by atoms with Crippen molar-refractivity contribution in [2.75, 3.05) is 0 Å². The Bertz CT molecular complexity index is 2610. The third-order valence-electron chi connectivity index (χ3n) is 8.91. The van der Waals surface area contributed by atoms with Gasteiger partial charge in [-0.05, 0) is 58.3 Å². The minimum atomic E-state index is 0.518. The quantitative estimate of drug-likeness (QED) is 0.189. The molecule has 48 heavy (non-hydrogen) atoms. The van der Waals surface area contributed by atoms with Crippen LogP contribution in [0.4, 0.5) is 0 Å². The molecular weight excluding hydrogens is 608 g/mol. The lowest BCUT2D eigenvalue weighted by Gasteiger charge is -2.13. The van der Waals surface area contributed by atoms with Gasteiger partial charge in [-0.3, -0.25) is 0 Å². The molecule has 0 saturated heterocycles. The van der Waals surface area contributed by atoms with E-state index in [1.165, 1.54) is 21.5 Å². The monoisotopic (exact) mass is 634 g/mol. The molecule has 0 atom stereocenters. The first-order valence-electron chi connectivity index (χ1n) is 15.9. The fourth-order valence-electron chi connectivity index (χ4n) is 6.54. The predicted molar refractivity (Wildman–Crippen MR) is 198 cm³/mol. The molecule has 226 valence electrons. The van der Waals surface area contributed by atoms with Gasteiger partial charge >= 0.3 is 0 Å². The Morgan fingerprint density at radius 2 is 0.938 bits per heavy atom. The molecule has 0 saturated carbocycles. The molecule has 5 heteroatoms. The molecule has 0 aliphatic heterocycles. The zero-order valence-corrected chi connectivity index (χ0v) is 26.5. The van der Waals surface area contributed by atoms with Crippen molar-refractivity contribution in [3.8, 4) is 51.0 Å². The van der Waals surface area contributed by atoms with Crippen molar-refractivity contribution in [3.05, 3.63) is 169 Å². The van der Waals surface area contributed by atoms with E-state index in [0.717, 1.165) is 44.5 Å². The normalized spacial score (nSPS) is 11.4. The number of nitrogens with zero attached hydrogens (tertiary/aromatic N) is 4. The summed E-state index contributed by atoms with van der Waals surface area (Å²) in [5.74, 6) is 1.69. The standard InChI is InChI=1S/C43H27ClN4/c44-38-24-23-34(48-39-18-10-9-17-35(39)36-25-32-15-7-8-16-33(32)26-40(36)48)27-37(38)43-46-41(30-13-5-2-6-14-30)45-42(47-43)31-21-19-29(20-22-31)28-11-3-1-4-12-28/h1-27H.